The Kier molecular flexibility index (Phi) is 6.91. The van der Waals surface area contributed by atoms with Crippen molar-refractivity contribution in [2.24, 2.45) is 5.73 Å². The lowest BCUT2D eigenvalue weighted by molar-refractivity contribution is -0.142. The van der Waals surface area contributed by atoms with Crippen LogP contribution in [0.2, 0.25) is 0 Å². The van der Waals surface area contributed by atoms with Gasteiger partial charge in [-0.15, -0.1) is 0 Å². The van der Waals surface area contributed by atoms with E-state index >= 15 is 0 Å². The fourth-order valence-corrected chi connectivity index (χ4v) is 4.09. The number of methoxy groups -OCH3 is 1. The second-order valence-electron chi connectivity index (χ2n) is 7.74. The minimum absolute atomic E-state index is 0.0422. The summed E-state index contributed by atoms with van der Waals surface area (Å²) in [6.07, 6.45) is 3.97. The van der Waals surface area contributed by atoms with Crippen LogP contribution in [0.5, 0.6) is 5.75 Å². The number of nitrogens with two attached hydrogens (primary N) is 1. The first-order chi connectivity index (χ1) is 13.5. The molecule has 0 radical (unpaired) electrons. The van der Waals surface area contributed by atoms with Crippen LogP contribution in [0.1, 0.15) is 38.2 Å². The first-order valence-electron chi connectivity index (χ1n) is 10.2. The summed E-state index contributed by atoms with van der Waals surface area (Å²) in [5, 5.41) is 2.86. The van der Waals surface area contributed by atoms with Crippen molar-refractivity contribution in [1.29, 1.82) is 0 Å². The summed E-state index contributed by atoms with van der Waals surface area (Å²) in [7, 11) is 1.67. The second kappa shape index (κ2) is 9.39. The molecular formula is C21H32N4O3. The van der Waals surface area contributed by atoms with Crippen molar-refractivity contribution in [1.82, 2.24) is 15.1 Å². The zero-order valence-corrected chi connectivity index (χ0v) is 16.9. The molecule has 1 saturated heterocycles. The molecule has 1 heterocycles. The van der Waals surface area contributed by atoms with Gasteiger partial charge in [-0.1, -0.05) is 12.1 Å². The number of ether oxygens (including phenoxy) is 1. The predicted octanol–water partition coefficient (Wildman–Crippen LogP) is 1.11. The van der Waals surface area contributed by atoms with Gasteiger partial charge in [0.05, 0.1) is 7.11 Å². The number of hydrogen-bond acceptors (Lipinski definition) is 5. The molecule has 2 aliphatic rings. The third-order valence-electron chi connectivity index (χ3n) is 5.73. The molecule has 0 aromatic heterocycles. The van der Waals surface area contributed by atoms with E-state index < -0.39 is 6.04 Å². The number of rotatable bonds is 8. The zero-order chi connectivity index (χ0) is 20.1. The highest BCUT2D eigenvalue weighted by molar-refractivity contribution is 5.87. The largest absolute Gasteiger partial charge is 0.497 e. The Morgan fingerprint density at radius 1 is 1.21 bits per heavy atom. The van der Waals surface area contributed by atoms with Crippen LogP contribution in [-0.2, 0) is 16.1 Å². The lowest BCUT2D eigenvalue weighted by atomic mass is 9.94. The van der Waals surface area contributed by atoms with E-state index in [-0.39, 0.29) is 11.8 Å². The topological polar surface area (TPSA) is 87.9 Å². The molecule has 154 valence electrons. The number of nitrogens with one attached hydrogen (secondary N) is 1. The molecule has 7 nitrogen and oxygen atoms in total. The molecule has 3 rings (SSSR count). The molecule has 1 aliphatic heterocycles. The molecule has 3 N–H and O–H groups in total. The molecule has 1 aromatic carbocycles. The third kappa shape index (κ3) is 5.02. The van der Waals surface area contributed by atoms with Gasteiger partial charge in [0.1, 0.15) is 11.8 Å². The van der Waals surface area contributed by atoms with Gasteiger partial charge in [-0.05, 0) is 43.4 Å². The first kappa shape index (κ1) is 20.6. The number of likely N-dealkylation sites (tertiary alicyclic amines) is 1. The molecule has 2 amide bonds. The number of carbonyl (C=O) groups excluding carboxylic acids is 2. The lowest BCUT2D eigenvalue weighted by Crippen LogP contribution is -2.57. The van der Waals surface area contributed by atoms with Crippen LogP contribution in [0.3, 0.4) is 0 Å². The van der Waals surface area contributed by atoms with Crippen LogP contribution in [-0.4, -0.2) is 66.5 Å². The van der Waals surface area contributed by atoms with Crippen molar-refractivity contribution in [3.05, 3.63) is 29.8 Å². The molecule has 1 unspecified atom stereocenters. The maximum absolute atomic E-state index is 12.7. The van der Waals surface area contributed by atoms with Crippen LogP contribution in [0, 0.1) is 0 Å². The van der Waals surface area contributed by atoms with E-state index in [9.17, 15) is 9.59 Å². The minimum Gasteiger partial charge on any atom is -0.497 e. The summed E-state index contributed by atoms with van der Waals surface area (Å²) >= 11 is 0. The summed E-state index contributed by atoms with van der Waals surface area (Å²) in [6, 6.07) is 8.63. The maximum atomic E-state index is 12.7. The molecule has 1 aromatic rings. The van der Waals surface area contributed by atoms with Crippen LogP contribution >= 0.6 is 0 Å². The number of hydrogen-bond donors (Lipinski definition) is 2. The van der Waals surface area contributed by atoms with Gasteiger partial charge in [0.2, 0.25) is 11.8 Å². The summed E-state index contributed by atoms with van der Waals surface area (Å²) in [5.74, 6) is 0.721. The van der Waals surface area contributed by atoms with Crippen LogP contribution < -0.4 is 15.8 Å². The van der Waals surface area contributed by atoms with Gasteiger partial charge in [-0.25, -0.2) is 0 Å². The van der Waals surface area contributed by atoms with Crippen molar-refractivity contribution in [2.75, 3.05) is 26.7 Å². The standard InChI is InChI=1S/C21H32N4O3/c1-15(26)24-12-9-18(13-20(24)21(27)23-11-10-22)25(17-5-6-17)14-16-3-7-19(28-2)8-4-16/h3-4,7-8,17-18,20H,5-6,9-14,22H2,1-2H3,(H,23,27)/t18?,20-/m1/s1. The van der Waals surface area contributed by atoms with Crippen molar-refractivity contribution in [3.8, 4) is 5.75 Å². The Hall–Kier alpha value is -2.12. The molecule has 0 spiro atoms. The molecule has 1 saturated carbocycles. The SMILES string of the molecule is COc1ccc(CN(C2CC2)C2CCN(C(C)=O)[C@@H](C(=O)NCCN)C2)cc1. The van der Waals surface area contributed by atoms with E-state index in [4.69, 9.17) is 10.5 Å². The van der Waals surface area contributed by atoms with Gasteiger partial charge < -0.3 is 20.7 Å². The maximum Gasteiger partial charge on any atom is 0.242 e. The molecule has 0 bridgehead atoms. The predicted molar refractivity (Wildman–Crippen MR) is 108 cm³/mol. The quantitative estimate of drug-likeness (QED) is 0.697. The Morgan fingerprint density at radius 3 is 2.50 bits per heavy atom. The summed E-state index contributed by atoms with van der Waals surface area (Å²) < 4.78 is 5.25. The van der Waals surface area contributed by atoms with Crippen LogP contribution in [0.25, 0.3) is 0 Å². The van der Waals surface area contributed by atoms with Crippen molar-refractivity contribution >= 4 is 11.8 Å². The molecule has 1 aliphatic carbocycles. The van der Waals surface area contributed by atoms with Gasteiger partial charge in [0.15, 0.2) is 0 Å². The average Bonchev–Trinajstić information content (AvgIpc) is 3.55. The Morgan fingerprint density at radius 2 is 1.93 bits per heavy atom. The Balaban J connectivity index is 1.71. The highest BCUT2D eigenvalue weighted by atomic mass is 16.5. The average molecular weight is 389 g/mol. The highest BCUT2D eigenvalue weighted by Gasteiger charge is 2.41. The van der Waals surface area contributed by atoms with Gasteiger partial charge in [0.25, 0.3) is 0 Å². The molecule has 28 heavy (non-hydrogen) atoms. The molecular weight excluding hydrogens is 356 g/mol. The highest BCUT2D eigenvalue weighted by Crippen LogP contribution is 2.34. The molecule has 2 fully saturated rings. The summed E-state index contributed by atoms with van der Waals surface area (Å²) in [5.41, 5.74) is 6.76. The minimum atomic E-state index is -0.417. The van der Waals surface area contributed by atoms with Gasteiger partial charge >= 0.3 is 0 Å². The molecule has 2 atom stereocenters. The number of nitrogens with zero attached hydrogens (tertiary/aromatic N) is 2. The normalized spacial score (nSPS) is 22.2. The van der Waals surface area contributed by atoms with E-state index in [0.717, 1.165) is 18.7 Å². The van der Waals surface area contributed by atoms with Crippen LogP contribution in [0.4, 0.5) is 0 Å². The second-order valence-corrected chi connectivity index (χ2v) is 7.74. The number of piperidine rings is 1. The number of amides is 2. The summed E-state index contributed by atoms with van der Waals surface area (Å²) in [6.45, 7) is 3.85. The Labute approximate surface area is 167 Å². The number of carbonyl (C=O) groups is 2. The van der Waals surface area contributed by atoms with Gasteiger partial charge in [0, 0.05) is 45.2 Å². The van der Waals surface area contributed by atoms with Crippen LogP contribution in [0.15, 0.2) is 24.3 Å². The third-order valence-corrected chi connectivity index (χ3v) is 5.73. The fourth-order valence-electron chi connectivity index (χ4n) is 4.09. The van der Waals surface area contributed by atoms with E-state index in [1.54, 1.807) is 18.9 Å². The zero-order valence-electron chi connectivity index (χ0n) is 16.9. The van der Waals surface area contributed by atoms with Crippen molar-refractivity contribution in [2.45, 2.75) is 57.3 Å². The molecule has 7 heteroatoms. The van der Waals surface area contributed by atoms with E-state index in [0.29, 0.717) is 38.1 Å². The fraction of sp³-hybridized carbons (Fsp3) is 0.619. The van der Waals surface area contributed by atoms with Gasteiger partial charge in [-0.3, -0.25) is 14.5 Å². The van der Waals surface area contributed by atoms with Gasteiger partial charge in [-0.2, -0.15) is 0 Å². The van der Waals surface area contributed by atoms with E-state index in [1.165, 1.54) is 18.4 Å². The van der Waals surface area contributed by atoms with Crippen molar-refractivity contribution in [3.63, 3.8) is 0 Å². The number of benzene rings is 1. The van der Waals surface area contributed by atoms with Crippen molar-refractivity contribution < 1.29 is 14.3 Å². The smallest absolute Gasteiger partial charge is 0.242 e. The van der Waals surface area contributed by atoms with E-state index in [2.05, 4.69) is 22.3 Å². The Bertz CT molecular complexity index is 675. The summed E-state index contributed by atoms with van der Waals surface area (Å²) in [4.78, 5) is 29.0. The first-order valence-corrected chi connectivity index (χ1v) is 10.2. The monoisotopic (exact) mass is 388 g/mol. The lowest BCUT2D eigenvalue weighted by Gasteiger charge is -2.42. The van der Waals surface area contributed by atoms with E-state index in [1.807, 2.05) is 12.1 Å².